The average Bonchev–Trinajstić information content (AvgIpc) is 2.83. The van der Waals surface area contributed by atoms with E-state index in [2.05, 4.69) is 33.1 Å². The van der Waals surface area contributed by atoms with Crippen molar-refractivity contribution in [1.29, 1.82) is 0 Å². The minimum Gasteiger partial charge on any atom is -0.381 e. The number of hydrogen-bond acceptors (Lipinski definition) is 4. The first-order chi connectivity index (χ1) is 8.84. The van der Waals surface area contributed by atoms with Crippen molar-refractivity contribution in [2.75, 3.05) is 44.3 Å². The molecule has 0 saturated carbocycles. The summed E-state index contributed by atoms with van der Waals surface area (Å²) in [5.41, 5.74) is 1.37. The summed E-state index contributed by atoms with van der Waals surface area (Å²) in [7, 11) is 2.07. The molecule has 0 radical (unpaired) electrons. The molecule has 0 aromatic carbocycles. The van der Waals surface area contributed by atoms with Gasteiger partial charge in [-0.15, -0.1) is 0 Å². The largest absolute Gasteiger partial charge is 0.381 e. The Hall–Kier alpha value is -1.07. The van der Waals surface area contributed by atoms with Gasteiger partial charge in [-0.3, -0.25) is 4.68 Å². The molecule has 2 saturated heterocycles. The van der Waals surface area contributed by atoms with E-state index in [-0.39, 0.29) is 0 Å². The molecule has 0 amide bonds. The molecule has 2 aliphatic heterocycles. The van der Waals surface area contributed by atoms with Crippen molar-refractivity contribution < 1.29 is 4.74 Å². The van der Waals surface area contributed by atoms with Crippen LogP contribution in [0, 0.1) is 0 Å². The van der Waals surface area contributed by atoms with Crippen LogP contribution in [0.25, 0.3) is 0 Å². The second-order valence-electron chi connectivity index (χ2n) is 5.17. The molecule has 2 aliphatic rings. The van der Waals surface area contributed by atoms with E-state index in [0.29, 0.717) is 5.92 Å². The maximum atomic E-state index is 5.44. The van der Waals surface area contributed by atoms with Crippen LogP contribution in [-0.2, 0) is 11.8 Å². The fourth-order valence-corrected chi connectivity index (χ4v) is 2.89. The molecule has 1 aromatic rings. The minimum atomic E-state index is 0.618. The van der Waals surface area contributed by atoms with Crippen LogP contribution in [0.1, 0.15) is 24.5 Å². The molecule has 0 bridgehead atoms. The molecule has 0 atom stereocenters. The Balaban J connectivity index is 1.76. The summed E-state index contributed by atoms with van der Waals surface area (Å²) in [5.74, 6) is 1.76. The number of hydrogen-bond donors (Lipinski definition) is 1. The first kappa shape index (κ1) is 12.0. The third-order valence-corrected chi connectivity index (χ3v) is 3.98. The highest BCUT2D eigenvalue weighted by atomic mass is 16.5. The third-order valence-electron chi connectivity index (χ3n) is 3.98. The van der Waals surface area contributed by atoms with Crippen molar-refractivity contribution in [2.24, 2.45) is 7.05 Å². The van der Waals surface area contributed by atoms with Gasteiger partial charge in [-0.1, -0.05) is 0 Å². The molecule has 5 heteroatoms. The van der Waals surface area contributed by atoms with Gasteiger partial charge in [0.2, 0.25) is 0 Å². The molecule has 3 heterocycles. The first-order valence-electron chi connectivity index (χ1n) is 6.92. The van der Waals surface area contributed by atoms with Crippen molar-refractivity contribution in [3.05, 3.63) is 11.8 Å². The molecule has 0 spiro atoms. The predicted octanol–water partition coefficient (Wildman–Crippen LogP) is 0.724. The Morgan fingerprint density at radius 2 is 2.00 bits per heavy atom. The normalized spacial score (nSPS) is 22.4. The van der Waals surface area contributed by atoms with E-state index in [1.54, 1.807) is 0 Å². The highest BCUT2D eigenvalue weighted by Gasteiger charge is 2.22. The average molecular weight is 250 g/mol. The molecule has 0 aliphatic carbocycles. The number of aromatic nitrogens is 2. The Kier molecular flexibility index (Phi) is 3.52. The topological polar surface area (TPSA) is 42.3 Å². The lowest BCUT2D eigenvalue weighted by molar-refractivity contribution is 0.0837. The zero-order valence-electron chi connectivity index (χ0n) is 11.1. The highest BCUT2D eigenvalue weighted by Crippen LogP contribution is 2.29. The third kappa shape index (κ3) is 2.37. The molecular formula is C13H22N4O. The van der Waals surface area contributed by atoms with E-state index in [4.69, 9.17) is 4.74 Å². The number of nitrogens with one attached hydrogen (secondary N) is 1. The molecule has 18 heavy (non-hydrogen) atoms. The van der Waals surface area contributed by atoms with Gasteiger partial charge in [-0.05, 0) is 12.8 Å². The van der Waals surface area contributed by atoms with Crippen molar-refractivity contribution in [3.8, 4) is 0 Å². The lowest BCUT2D eigenvalue weighted by Gasteiger charge is -2.27. The van der Waals surface area contributed by atoms with Gasteiger partial charge in [0.1, 0.15) is 0 Å². The van der Waals surface area contributed by atoms with E-state index in [1.807, 2.05) is 0 Å². The molecular weight excluding hydrogens is 228 g/mol. The van der Waals surface area contributed by atoms with Crippen LogP contribution in [0.5, 0.6) is 0 Å². The quantitative estimate of drug-likeness (QED) is 0.840. The van der Waals surface area contributed by atoms with E-state index < -0.39 is 0 Å². The lowest BCUT2D eigenvalue weighted by Crippen LogP contribution is -2.43. The van der Waals surface area contributed by atoms with Crippen LogP contribution >= 0.6 is 0 Å². The molecule has 2 fully saturated rings. The summed E-state index contributed by atoms with van der Waals surface area (Å²) in [6, 6.07) is 2.28. The van der Waals surface area contributed by atoms with Gasteiger partial charge in [-0.25, -0.2) is 0 Å². The summed E-state index contributed by atoms with van der Waals surface area (Å²) >= 11 is 0. The number of nitrogens with zero attached hydrogens (tertiary/aromatic N) is 3. The van der Waals surface area contributed by atoms with Crippen LogP contribution in [0.4, 0.5) is 5.82 Å². The summed E-state index contributed by atoms with van der Waals surface area (Å²) < 4.78 is 7.50. The first-order valence-corrected chi connectivity index (χ1v) is 6.92. The molecule has 3 rings (SSSR count). The second-order valence-corrected chi connectivity index (χ2v) is 5.17. The van der Waals surface area contributed by atoms with Crippen molar-refractivity contribution >= 4 is 5.82 Å². The van der Waals surface area contributed by atoms with Gasteiger partial charge in [0.15, 0.2) is 5.82 Å². The van der Waals surface area contributed by atoms with Crippen LogP contribution in [0.3, 0.4) is 0 Å². The van der Waals surface area contributed by atoms with Gasteiger partial charge in [0.05, 0.1) is 0 Å². The minimum absolute atomic E-state index is 0.618. The summed E-state index contributed by atoms with van der Waals surface area (Å²) in [6.45, 7) is 6.01. The Labute approximate surface area is 108 Å². The molecule has 1 N–H and O–H groups in total. The zero-order chi connectivity index (χ0) is 12.4. The fourth-order valence-electron chi connectivity index (χ4n) is 2.89. The van der Waals surface area contributed by atoms with Gasteiger partial charge in [0, 0.05) is 64.1 Å². The van der Waals surface area contributed by atoms with Gasteiger partial charge < -0.3 is 15.0 Å². The van der Waals surface area contributed by atoms with Gasteiger partial charge in [-0.2, -0.15) is 5.10 Å². The number of rotatable bonds is 2. The summed E-state index contributed by atoms with van der Waals surface area (Å²) in [6.07, 6.45) is 2.25. The Morgan fingerprint density at radius 3 is 2.72 bits per heavy atom. The van der Waals surface area contributed by atoms with Gasteiger partial charge in [0.25, 0.3) is 0 Å². The van der Waals surface area contributed by atoms with Gasteiger partial charge >= 0.3 is 0 Å². The Morgan fingerprint density at radius 1 is 1.28 bits per heavy atom. The maximum Gasteiger partial charge on any atom is 0.150 e. The standard InChI is InChI=1S/C13H22N4O/c1-16-12(11-2-8-18-9-3-11)10-13(15-16)17-6-4-14-5-7-17/h10-11,14H,2-9H2,1H3. The SMILES string of the molecule is Cn1nc(N2CCNCC2)cc1C1CCOCC1. The van der Waals surface area contributed by atoms with Crippen LogP contribution < -0.4 is 10.2 Å². The van der Waals surface area contributed by atoms with E-state index in [0.717, 1.165) is 58.1 Å². The second kappa shape index (κ2) is 5.28. The Bertz CT molecular complexity index is 392. The van der Waals surface area contributed by atoms with Crippen LogP contribution in [0.2, 0.25) is 0 Å². The summed E-state index contributed by atoms with van der Waals surface area (Å²) in [4.78, 5) is 2.37. The maximum absolute atomic E-state index is 5.44. The monoisotopic (exact) mass is 250 g/mol. The van der Waals surface area contributed by atoms with E-state index >= 15 is 0 Å². The number of aryl methyl sites for hydroxylation is 1. The molecule has 1 aromatic heterocycles. The highest BCUT2D eigenvalue weighted by molar-refractivity contribution is 5.41. The number of piperazine rings is 1. The van der Waals surface area contributed by atoms with E-state index in [1.165, 1.54) is 5.69 Å². The van der Waals surface area contributed by atoms with Crippen LogP contribution in [0.15, 0.2) is 6.07 Å². The van der Waals surface area contributed by atoms with Crippen LogP contribution in [-0.4, -0.2) is 49.2 Å². The van der Waals surface area contributed by atoms with Crippen molar-refractivity contribution in [2.45, 2.75) is 18.8 Å². The van der Waals surface area contributed by atoms with Crippen molar-refractivity contribution in [3.63, 3.8) is 0 Å². The lowest BCUT2D eigenvalue weighted by atomic mass is 9.96. The zero-order valence-corrected chi connectivity index (χ0v) is 11.1. The number of anilines is 1. The fraction of sp³-hybridized carbons (Fsp3) is 0.769. The van der Waals surface area contributed by atoms with Crippen molar-refractivity contribution in [1.82, 2.24) is 15.1 Å². The molecule has 5 nitrogen and oxygen atoms in total. The smallest absolute Gasteiger partial charge is 0.150 e. The summed E-state index contributed by atoms with van der Waals surface area (Å²) in [5, 5.41) is 8.06. The molecule has 100 valence electrons. The van der Waals surface area contributed by atoms with E-state index in [9.17, 15) is 0 Å². The predicted molar refractivity (Wildman–Crippen MR) is 71.1 cm³/mol. The number of ether oxygens (including phenoxy) is 1. The molecule has 0 unspecified atom stereocenters.